The van der Waals surface area contributed by atoms with E-state index in [-0.39, 0.29) is 37.3 Å². The second-order valence-electron chi connectivity index (χ2n) is 9.60. The molecule has 3 unspecified atom stereocenters. The van der Waals surface area contributed by atoms with Crippen molar-refractivity contribution in [2.45, 2.75) is 80.0 Å². The number of rotatable bonds is 16. The lowest BCUT2D eigenvalue weighted by atomic mass is 9.89. The number of phenolic OH excluding ortho intramolecular Hbond substituents is 1. The van der Waals surface area contributed by atoms with Crippen LogP contribution >= 0.6 is 7.95 Å². The van der Waals surface area contributed by atoms with Gasteiger partial charge in [-0.2, -0.15) is 5.43 Å². The number of carbonyl (C=O) groups is 3. The standard InChI is InChI=1S/C28H42N3O8P/c1-8-21-18(5)23-16-39-28(35)24(23)25(32)22(21)12-11-17(4)15-29-13-14-40(36)31(20(7)27(34)38-10-3)30-19(6)26(33)37-9-2/h11,19-20,29-30H,8-10,12-16H2,1-7H3/p+1. The average molecular weight is 581 g/mol. The number of allylic oxidation sites excluding steroid dienone is 1. The highest BCUT2D eigenvalue weighted by molar-refractivity contribution is 7.42. The Morgan fingerprint density at radius 1 is 1.15 bits per heavy atom. The Balaban J connectivity index is 2.01. The minimum atomic E-state index is -2.09. The van der Waals surface area contributed by atoms with E-state index in [1.54, 1.807) is 27.7 Å². The van der Waals surface area contributed by atoms with Gasteiger partial charge in [-0.3, -0.25) is 9.59 Å². The first-order valence-corrected chi connectivity index (χ1v) is 15.1. The zero-order chi connectivity index (χ0) is 30.0. The second-order valence-corrected chi connectivity index (χ2v) is 11.2. The molecule has 12 heteroatoms. The molecule has 0 fully saturated rings. The fourth-order valence-corrected chi connectivity index (χ4v) is 5.86. The lowest BCUT2D eigenvalue weighted by Gasteiger charge is -2.21. The van der Waals surface area contributed by atoms with Crippen molar-refractivity contribution in [3.05, 3.63) is 39.5 Å². The van der Waals surface area contributed by atoms with E-state index in [4.69, 9.17) is 14.2 Å². The van der Waals surface area contributed by atoms with Crippen LogP contribution < -0.4 is 10.7 Å². The molecule has 1 aliphatic rings. The molecule has 0 aliphatic carbocycles. The van der Waals surface area contributed by atoms with Crippen LogP contribution in [-0.4, -0.2) is 72.3 Å². The fraction of sp³-hybridized carbons (Fsp3) is 0.607. The van der Waals surface area contributed by atoms with Gasteiger partial charge in [-0.1, -0.05) is 18.6 Å². The lowest BCUT2D eigenvalue weighted by molar-refractivity contribution is -0.151. The summed E-state index contributed by atoms with van der Waals surface area (Å²) >= 11 is 0. The molecular weight excluding hydrogens is 537 g/mol. The van der Waals surface area contributed by atoms with Crippen LogP contribution in [0.15, 0.2) is 11.6 Å². The number of hydrogen-bond donors (Lipinski definition) is 3. The summed E-state index contributed by atoms with van der Waals surface area (Å²) in [5.41, 5.74) is 7.61. The number of cyclic esters (lactones) is 1. The molecule has 3 atom stereocenters. The molecule has 2 rings (SSSR count). The molecule has 0 saturated carbocycles. The van der Waals surface area contributed by atoms with Gasteiger partial charge < -0.3 is 24.6 Å². The summed E-state index contributed by atoms with van der Waals surface area (Å²) in [5.74, 6) is -1.56. The van der Waals surface area contributed by atoms with Crippen LogP contribution in [0.2, 0.25) is 0 Å². The number of benzene rings is 1. The molecule has 222 valence electrons. The van der Waals surface area contributed by atoms with E-state index >= 15 is 0 Å². The van der Waals surface area contributed by atoms with E-state index in [1.807, 2.05) is 26.8 Å². The number of phenols is 1. The van der Waals surface area contributed by atoms with Gasteiger partial charge in [0.2, 0.25) is 0 Å². The van der Waals surface area contributed by atoms with Crippen molar-refractivity contribution in [2.24, 2.45) is 0 Å². The number of hydrogen-bond acceptors (Lipinski definition) is 10. The number of nitrogens with one attached hydrogen (secondary N) is 2. The van der Waals surface area contributed by atoms with E-state index < -0.39 is 37.9 Å². The summed E-state index contributed by atoms with van der Waals surface area (Å²) in [4.78, 5) is 36.6. The van der Waals surface area contributed by atoms with E-state index in [2.05, 4.69) is 10.7 Å². The largest absolute Gasteiger partial charge is 0.507 e. The third-order valence-corrected chi connectivity index (χ3v) is 8.29. The number of fused-ring (bicyclic) bond motifs is 1. The molecule has 0 aromatic heterocycles. The van der Waals surface area contributed by atoms with Crippen LogP contribution in [0.1, 0.15) is 74.2 Å². The van der Waals surface area contributed by atoms with Gasteiger partial charge in [0.25, 0.3) is 0 Å². The Morgan fingerprint density at radius 3 is 2.42 bits per heavy atom. The molecule has 0 amide bonds. The predicted molar refractivity (Wildman–Crippen MR) is 151 cm³/mol. The number of esters is 3. The molecule has 40 heavy (non-hydrogen) atoms. The molecule has 3 N–H and O–H groups in total. The van der Waals surface area contributed by atoms with Crippen molar-refractivity contribution in [1.29, 1.82) is 0 Å². The summed E-state index contributed by atoms with van der Waals surface area (Å²) < 4.78 is 29.7. The monoisotopic (exact) mass is 580 g/mol. The van der Waals surface area contributed by atoms with Crippen molar-refractivity contribution in [2.75, 3.05) is 32.5 Å². The molecule has 0 spiro atoms. The highest BCUT2D eigenvalue weighted by atomic mass is 31.1. The number of ether oxygens (including phenoxy) is 3. The van der Waals surface area contributed by atoms with E-state index in [0.717, 1.165) is 34.2 Å². The van der Waals surface area contributed by atoms with Crippen LogP contribution in [0.5, 0.6) is 5.75 Å². The van der Waals surface area contributed by atoms with Crippen molar-refractivity contribution in [3.8, 4) is 5.75 Å². The zero-order valence-corrected chi connectivity index (χ0v) is 25.5. The fourth-order valence-electron chi connectivity index (χ4n) is 4.51. The molecule has 1 aromatic rings. The molecule has 0 bridgehead atoms. The van der Waals surface area contributed by atoms with Crippen LogP contribution in [0.4, 0.5) is 0 Å². The third-order valence-electron chi connectivity index (χ3n) is 6.74. The highest BCUT2D eigenvalue weighted by Crippen LogP contribution is 2.38. The first kappa shape index (κ1) is 33.4. The molecular formula is C28H43N3O8P+. The minimum absolute atomic E-state index is 0.00527. The zero-order valence-electron chi connectivity index (χ0n) is 24.6. The minimum Gasteiger partial charge on any atom is -0.507 e. The molecule has 0 radical (unpaired) electrons. The Kier molecular flexibility index (Phi) is 13.2. The highest BCUT2D eigenvalue weighted by Gasteiger charge is 2.39. The summed E-state index contributed by atoms with van der Waals surface area (Å²) in [5, 5.41) is 14.1. The molecule has 11 nitrogen and oxygen atoms in total. The van der Waals surface area contributed by atoms with Crippen LogP contribution in [0, 0.1) is 6.92 Å². The maximum Gasteiger partial charge on any atom is 0.451 e. The third kappa shape index (κ3) is 8.33. The maximum absolute atomic E-state index is 13.2. The summed E-state index contributed by atoms with van der Waals surface area (Å²) in [6.07, 6.45) is 3.38. The van der Waals surface area contributed by atoms with E-state index in [1.165, 1.54) is 4.78 Å². The van der Waals surface area contributed by atoms with E-state index in [9.17, 15) is 24.1 Å². The summed E-state index contributed by atoms with van der Waals surface area (Å²) in [6, 6.07) is -1.68. The Bertz CT molecular complexity index is 1140. The number of hydrazine groups is 1. The Morgan fingerprint density at radius 2 is 1.80 bits per heavy atom. The van der Waals surface area contributed by atoms with Crippen molar-refractivity contribution < 1.29 is 38.3 Å². The molecule has 1 heterocycles. The number of aromatic hydroxyl groups is 1. The summed E-state index contributed by atoms with van der Waals surface area (Å²) in [7, 11) is -2.09. The average Bonchev–Trinajstić information content (AvgIpc) is 3.32. The van der Waals surface area contributed by atoms with Gasteiger partial charge in [0.15, 0.2) is 12.2 Å². The Labute approximate surface area is 237 Å². The SMILES string of the molecule is CCOC(=O)C(C)NN(C(C)C(=O)OCC)[P+](=O)CCNCC(C)=CCc1c(O)c2c(c(C)c1CC)COC2=O. The molecule has 1 aromatic carbocycles. The topological polar surface area (TPSA) is 144 Å². The molecule has 0 saturated heterocycles. The predicted octanol–water partition coefficient (Wildman–Crippen LogP) is 3.46. The van der Waals surface area contributed by atoms with Crippen molar-refractivity contribution >= 4 is 25.9 Å². The van der Waals surface area contributed by atoms with E-state index in [0.29, 0.717) is 19.5 Å². The summed E-state index contributed by atoms with van der Waals surface area (Å²) in [6.45, 7) is 13.9. The maximum atomic E-state index is 13.2. The van der Waals surface area contributed by atoms with Gasteiger partial charge in [-0.15, -0.1) is 0 Å². The number of nitrogens with zero attached hydrogens (tertiary/aromatic N) is 1. The normalized spacial score (nSPS) is 14.9. The van der Waals surface area contributed by atoms with Crippen LogP contribution in [-0.2, 0) is 47.8 Å². The quantitative estimate of drug-likeness (QED) is 0.0660. The molecule has 1 aliphatic heterocycles. The van der Waals surface area contributed by atoms with Gasteiger partial charge in [-0.05, 0) is 74.9 Å². The van der Waals surface area contributed by atoms with Gasteiger partial charge in [0.05, 0.1) is 13.2 Å². The lowest BCUT2D eigenvalue weighted by Crippen LogP contribution is -2.51. The van der Waals surface area contributed by atoms with Gasteiger partial charge in [0.1, 0.15) is 24.0 Å². The van der Waals surface area contributed by atoms with Crippen molar-refractivity contribution in [3.63, 3.8) is 0 Å². The van der Waals surface area contributed by atoms with Gasteiger partial charge in [-0.25, -0.2) is 4.79 Å². The van der Waals surface area contributed by atoms with Crippen LogP contribution in [0.25, 0.3) is 0 Å². The van der Waals surface area contributed by atoms with Gasteiger partial charge >= 0.3 is 25.9 Å². The first-order valence-electron chi connectivity index (χ1n) is 13.7. The second kappa shape index (κ2) is 15.8. The Hall–Kier alpha value is -2.85. The van der Waals surface area contributed by atoms with Crippen molar-refractivity contribution in [1.82, 2.24) is 15.5 Å². The number of carbonyl (C=O) groups excluding carboxylic acids is 3. The first-order chi connectivity index (χ1) is 19.0. The van der Waals surface area contributed by atoms with Gasteiger partial charge in [0, 0.05) is 24.2 Å². The van der Waals surface area contributed by atoms with Crippen LogP contribution in [0.3, 0.4) is 0 Å². The smallest absolute Gasteiger partial charge is 0.451 e.